The number of amides is 2. The average Bonchev–Trinajstić information content (AvgIpc) is 3.53. The van der Waals surface area contributed by atoms with Crippen molar-refractivity contribution in [2.24, 2.45) is 0 Å². The van der Waals surface area contributed by atoms with Gasteiger partial charge in [0.1, 0.15) is 29.9 Å². The van der Waals surface area contributed by atoms with Gasteiger partial charge in [0.15, 0.2) is 0 Å². The molecule has 0 spiro atoms. The Kier molecular flexibility index (Phi) is 6.32. The van der Waals surface area contributed by atoms with Crippen molar-refractivity contribution in [3.8, 4) is 5.75 Å². The van der Waals surface area contributed by atoms with E-state index in [0.717, 1.165) is 30.3 Å². The highest BCUT2D eigenvalue weighted by molar-refractivity contribution is 6.03. The molecule has 5 rings (SSSR count). The van der Waals surface area contributed by atoms with E-state index in [1.54, 1.807) is 55.6 Å². The molecule has 0 radical (unpaired) electrons. The first-order valence-corrected chi connectivity index (χ1v) is 11.8. The van der Waals surface area contributed by atoms with Gasteiger partial charge in [0.05, 0.1) is 7.11 Å². The van der Waals surface area contributed by atoms with E-state index in [0.29, 0.717) is 22.4 Å². The number of anilines is 1. The second-order valence-corrected chi connectivity index (χ2v) is 8.86. The fourth-order valence-corrected chi connectivity index (χ4v) is 4.69. The molecule has 1 fully saturated rings. The second kappa shape index (κ2) is 9.73. The number of nitrogens with one attached hydrogen (secondary N) is 2. The number of ether oxygens (including phenoxy) is 1. The van der Waals surface area contributed by atoms with E-state index < -0.39 is 29.6 Å². The van der Waals surface area contributed by atoms with E-state index in [1.807, 2.05) is 0 Å². The standard InChI is InChI=1S/C26H26N4O6/c1-35-18-12-10-17(11-13-18)28-21(31)14-29-23-19-8-4-5-9-20(19)36-24(23)25(33)30(26(29)34)15-22(32)27-16-6-2-3-7-16/h4-5,8-13,16H,2-3,6-7,14-15H2,1H3,(H,27,32)(H,28,31). The number of hydrogen-bond donors (Lipinski definition) is 2. The van der Waals surface area contributed by atoms with E-state index in [9.17, 15) is 19.2 Å². The molecule has 10 heteroatoms. The van der Waals surface area contributed by atoms with Crippen LogP contribution in [0.25, 0.3) is 22.1 Å². The molecule has 10 nitrogen and oxygen atoms in total. The van der Waals surface area contributed by atoms with Crippen LogP contribution in [-0.4, -0.2) is 34.1 Å². The van der Waals surface area contributed by atoms with Gasteiger partial charge in [-0.1, -0.05) is 25.0 Å². The molecule has 0 atom stereocenters. The quantitative estimate of drug-likeness (QED) is 0.410. The minimum Gasteiger partial charge on any atom is -0.497 e. The van der Waals surface area contributed by atoms with E-state index in [4.69, 9.17) is 9.15 Å². The van der Waals surface area contributed by atoms with Gasteiger partial charge in [-0.15, -0.1) is 0 Å². The van der Waals surface area contributed by atoms with Crippen LogP contribution in [0.3, 0.4) is 0 Å². The SMILES string of the molecule is COc1ccc(NC(=O)Cn2c(=O)n(CC(=O)NC3CCCC3)c(=O)c3oc4ccccc4c32)cc1. The highest BCUT2D eigenvalue weighted by Gasteiger charge is 2.24. The number of para-hydroxylation sites is 1. The van der Waals surface area contributed by atoms with Crippen molar-refractivity contribution in [1.82, 2.24) is 14.5 Å². The number of carbonyl (C=O) groups excluding carboxylic acids is 2. The highest BCUT2D eigenvalue weighted by atomic mass is 16.5. The van der Waals surface area contributed by atoms with Gasteiger partial charge in [-0.05, 0) is 49.2 Å². The molecule has 2 N–H and O–H groups in total. The van der Waals surface area contributed by atoms with Gasteiger partial charge >= 0.3 is 5.69 Å². The summed E-state index contributed by atoms with van der Waals surface area (Å²) in [6, 6.07) is 13.7. The monoisotopic (exact) mass is 490 g/mol. The van der Waals surface area contributed by atoms with Crippen molar-refractivity contribution in [1.29, 1.82) is 0 Å². The summed E-state index contributed by atoms with van der Waals surface area (Å²) in [5, 5.41) is 6.17. The summed E-state index contributed by atoms with van der Waals surface area (Å²) in [4.78, 5) is 52.4. The van der Waals surface area contributed by atoms with Crippen LogP contribution in [0.2, 0.25) is 0 Å². The van der Waals surface area contributed by atoms with E-state index in [1.165, 1.54) is 4.57 Å². The zero-order chi connectivity index (χ0) is 25.2. The summed E-state index contributed by atoms with van der Waals surface area (Å²) in [6.45, 7) is -0.837. The first-order valence-electron chi connectivity index (χ1n) is 11.8. The number of carbonyl (C=O) groups is 2. The molecule has 0 bridgehead atoms. The molecule has 1 saturated carbocycles. The smallest absolute Gasteiger partial charge is 0.332 e. The number of furan rings is 1. The maximum absolute atomic E-state index is 13.5. The van der Waals surface area contributed by atoms with Crippen LogP contribution in [0.5, 0.6) is 5.75 Å². The number of hydrogen-bond acceptors (Lipinski definition) is 6. The molecule has 2 heterocycles. The summed E-state index contributed by atoms with van der Waals surface area (Å²) in [5.41, 5.74) is -0.405. The lowest BCUT2D eigenvalue weighted by Crippen LogP contribution is -2.46. The van der Waals surface area contributed by atoms with Gasteiger partial charge in [0.25, 0.3) is 5.56 Å². The first-order chi connectivity index (χ1) is 17.4. The Hall–Kier alpha value is -4.34. The Bertz CT molecular complexity index is 1560. The third-order valence-electron chi connectivity index (χ3n) is 6.44. The Labute approximate surface area is 205 Å². The molecule has 1 aliphatic rings. The van der Waals surface area contributed by atoms with Crippen molar-refractivity contribution >= 4 is 39.6 Å². The fourth-order valence-electron chi connectivity index (χ4n) is 4.69. The molecule has 0 unspecified atom stereocenters. The lowest BCUT2D eigenvalue weighted by molar-refractivity contribution is -0.122. The lowest BCUT2D eigenvalue weighted by Gasteiger charge is -2.14. The third-order valence-corrected chi connectivity index (χ3v) is 6.44. The number of rotatable bonds is 7. The lowest BCUT2D eigenvalue weighted by atomic mass is 10.2. The van der Waals surface area contributed by atoms with Crippen molar-refractivity contribution in [2.45, 2.75) is 44.8 Å². The van der Waals surface area contributed by atoms with Gasteiger partial charge in [0, 0.05) is 17.1 Å². The van der Waals surface area contributed by atoms with E-state index >= 15 is 0 Å². The maximum Gasteiger partial charge on any atom is 0.332 e. The minimum atomic E-state index is -0.759. The zero-order valence-corrected chi connectivity index (χ0v) is 19.8. The molecule has 2 aromatic heterocycles. The molecule has 0 aliphatic heterocycles. The number of aromatic nitrogens is 2. The molecule has 2 amide bonds. The van der Waals surface area contributed by atoms with Gasteiger partial charge in [-0.2, -0.15) is 0 Å². The second-order valence-electron chi connectivity index (χ2n) is 8.86. The van der Waals surface area contributed by atoms with Crippen LogP contribution in [-0.2, 0) is 22.7 Å². The van der Waals surface area contributed by atoms with Gasteiger partial charge < -0.3 is 19.8 Å². The normalized spacial score (nSPS) is 13.8. The first kappa shape index (κ1) is 23.4. The van der Waals surface area contributed by atoms with Crippen LogP contribution < -0.4 is 26.6 Å². The molecule has 4 aromatic rings. The molecule has 0 saturated heterocycles. The molecule has 186 valence electrons. The largest absolute Gasteiger partial charge is 0.497 e. The predicted octanol–water partition coefficient (Wildman–Crippen LogP) is 2.62. The maximum atomic E-state index is 13.5. The van der Waals surface area contributed by atoms with Crippen molar-refractivity contribution in [2.75, 3.05) is 12.4 Å². The van der Waals surface area contributed by atoms with Crippen LogP contribution >= 0.6 is 0 Å². The van der Waals surface area contributed by atoms with Gasteiger partial charge in [0.2, 0.25) is 17.4 Å². The summed E-state index contributed by atoms with van der Waals surface area (Å²) in [6.07, 6.45) is 3.82. The number of benzene rings is 2. The predicted molar refractivity (Wildman–Crippen MR) is 134 cm³/mol. The summed E-state index contributed by atoms with van der Waals surface area (Å²) in [5.74, 6) is -0.265. The third kappa shape index (κ3) is 4.49. The fraction of sp³-hybridized carbons (Fsp3) is 0.308. The van der Waals surface area contributed by atoms with Gasteiger partial charge in [-0.25, -0.2) is 9.36 Å². The number of methoxy groups -OCH3 is 1. The van der Waals surface area contributed by atoms with Crippen LogP contribution in [0.1, 0.15) is 25.7 Å². The molecular formula is C26H26N4O6. The Morgan fingerprint density at radius 2 is 1.67 bits per heavy atom. The Morgan fingerprint density at radius 1 is 0.972 bits per heavy atom. The van der Waals surface area contributed by atoms with Crippen LogP contribution in [0.15, 0.2) is 62.5 Å². The zero-order valence-electron chi connectivity index (χ0n) is 19.8. The van der Waals surface area contributed by atoms with Crippen molar-refractivity contribution < 1.29 is 18.7 Å². The van der Waals surface area contributed by atoms with Crippen molar-refractivity contribution in [3.63, 3.8) is 0 Å². The number of nitrogens with zero attached hydrogens (tertiary/aromatic N) is 2. The van der Waals surface area contributed by atoms with Gasteiger partial charge in [-0.3, -0.25) is 19.0 Å². The number of fused-ring (bicyclic) bond motifs is 3. The minimum absolute atomic E-state index is 0.0423. The van der Waals surface area contributed by atoms with E-state index in [2.05, 4.69) is 10.6 Å². The Morgan fingerprint density at radius 3 is 2.39 bits per heavy atom. The Balaban J connectivity index is 1.53. The average molecular weight is 491 g/mol. The van der Waals surface area contributed by atoms with Crippen LogP contribution in [0, 0.1) is 0 Å². The van der Waals surface area contributed by atoms with Crippen LogP contribution in [0.4, 0.5) is 5.69 Å². The molecule has 2 aromatic carbocycles. The summed E-state index contributed by atoms with van der Waals surface area (Å²) in [7, 11) is 1.55. The van der Waals surface area contributed by atoms with E-state index in [-0.39, 0.29) is 23.7 Å². The van der Waals surface area contributed by atoms with Crippen molar-refractivity contribution in [3.05, 3.63) is 69.4 Å². The topological polar surface area (TPSA) is 125 Å². The highest BCUT2D eigenvalue weighted by Crippen LogP contribution is 2.25. The summed E-state index contributed by atoms with van der Waals surface area (Å²) >= 11 is 0. The molecular weight excluding hydrogens is 464 g/mol. The molecule has 36 heavy (non-hydrogen) atoms. The summed E-state index contributed by atoms with van der Waals surface area (Å²) < 4.78 is 12.9. The molecule has 1 aliphatic carbocycles.